The van der Waals surface area contributed by atoms with E-state index in [2.05, 4.69) is 54.6 Å². The Hall–Kier alpha value is -0.980. The second-order valence-corrected chi connectivity index (χ2v) is 6.03. The SMILES string of the molecule is CN=C(NCc1ccc(C)cc1OC(C)C)NCC1CC1.I. The van der Waals surface area contributed by atoms with Crippen molar-refractivity contribution < 1.29 is 4.74 Å². The summed E-state index contributed by atoms with van der Waals surface area (Å²) in [5.41, 5.74) is 2.37. The molecule has 1 saturated carbocycles. The first kappa shape index (κ1) is 19.1. The number of halogens is 1. The highest BCUT2D eigenvalue weighted by atomic mass is 127. The van der Waals surface area contributed by atoms with Gasteiger partial charge >= 0.3 is 0 Å². The lowest BCUT2D eigenvalue weighted by Gasteiger charge is -2.17. The summed E-state index contributed by atoms with van der Waals surface area (Å²) in [6.45, 7) is 7.92. The highest BCUT2D eigenvalue weighted by molar-refractivity contribution is 14.0. The Morgan fingerprint density at radius 3 is 2.64 bits per heavy atom. The second kappa shape index (κ2) is 9.22. The summed E-state index contributed by atoms with van der Waals surface area (Å²) in [5.74, 6) is 2.65. The van der Waals surface area contributed by atoms with Crippen LogP contribution in [0.25, 0.3) is 0 Å². The molecule has 5 heteroatoms. The van der Waals surface area contributed by atoms with Crippen LogP contribution in [0.3, 0.4) is 0 Å². The van der Waals surface area contributed by atoms with Crippen molar-refractivity contribution in [2.75, 3.05) is 13.6 Å². The van der Waals surface area contributed by atoms with Crippen LogP contribution in [0.5, 0.6) is 5.75 Å². The number of nitrogens with zero attached hydrogens (tertiary/aromatic N) is 1. The predicted octanol–water partition coefficient (Wildman–Crippen LogP) is 3.48. The van der Waals surface area contributed by atoms with Crippen LogP contribution < -0.4 is 15.4 Å². The van der Waals surface area contributed by atoms with Gasteiger partial charge in [-0.15, -0.1) is 24.0 Å². The molecule has 1 aromatic carbocycles. The summed E-state index contributed by atoms with van der Waals surface area (Å²) in [6.07, 6.45) is 2.86. The van der Waals surface area contributed by atoms with Crippen LogP contribution in [0.4, 0.5) is 0 Å². The minimum atomic E-state index is 0. The van der Waals surface area contributed by atoms with E-state index in [4.69, 9.17) is 4.74 Å². The average molecular weight is 417 g/mol. The van der Waals surface area contributed by atoms with Gasteiger partial charge in [0.2, 0.25) is 0 Å². The molecule has 0 unspecified atom stereocenters. The van der Waals surface area contributed by atoms with Gasteiger partial charge < -0.3 is 15.4 Å². The summed E-state index contributed by atoms with van der Waals surface area (Å²) in [6, 6.07) is 6.33. The van der Waals surface area contributed by atoms with Gasteiger partial charge in [0, 0.05) is 25.7 Å². The number of rotatable bonds is 6. The van der Waals surface area contributed by atoms with Crippen molar-refractivity contribution in [3.63, 3.8) is 0 Å². The zero-order valence-electron chi connectivity index (χ0n) is 14.0. The highest BCUT2D eigenvalue weighted by Gasteiger charge is 2.21. The molecule has 0 heterocycles. The smallest absolute Gasteiger partial charge is 0.191 e. The third-order valence-corrected chi connectivity index (χ3v) is 3.51. The number of hydrogen-bond donors (Lipinski definition) is 2. The van der Waals surface area contributed by atoms with E-state index in [-0.39, 0.29) is 30.1 Å². The Kier molecular flexibility index (Phi) is 8.00. The molecule has 0 aromatic heterocycles. The van der Waals surface area contributed by atoms with E-state index < -0.39 is 0 Å². The van der Waals surface area contributed by atoms with Gasteiger partial charge in [0.05, 0.1) is 6.10 Å². The maximum atomic E-state index is 5.90. The fourth-order valence-corrected chi connectivity index (χ4v) is 2.13. The largest absolute Gasteiger partial charge is 0.491 e. The maximum absolute atomic E-state index is 5.90. The number of guanidine groups is 1. The Balaban J connectivity index is 0.00000242. The van der Waals surface area contributed by atoms with Gasteiger partial charge in [0.25, 0.3) is 0 Å². The lowest BCUT2D eigenvalue weighted by atomic mass is 10.1. The van der Waals surface area contributed by atoms with Crippen molar-refractivity contribution in [1.82, 2.24) is 10.6 Å². The molecule has 0 spiro atoms. The standard InChI is InChI=1S/C17H27N3O.HI/c1-12(2)21-16-9-13(3)5-8-15(16)11-20-17(18-4)19-10-14-6-7-14;/h5,8-9,12,14H,6-7,10-11H2,1-4H3,(H2,18,19,20);1H. The Morgan fingerprint density at radius 1 is 1.32 bits per heavy atom. The average Bonchev–Trinajstić information content (AvgIpc) is 3.24. The van der Waals surface area contributed by atoms with Gasteiger partial charge in [-0.1, -0.05) is 12.1 Å². The van der Waals surface area contributed by atoms with Crippen LogP contribution >= 0.6 is 24.0 Å². The van der Waals surface area contributed by atoms with Crippen LogP contribution in [0.2, 0.25) is 0 Å². The Labute approximate surface area is 151 Å². The predicted molar refractivity (Wildman–Crippen MR) is 103 cm³/mol. The first-order valence-corrected chi connectivity index (χ1v) is 7.79. The van der Waals surface area contributed by atoms with Crippen LogP contribution in [0, 0.1) is 12.8 Å². The first-order chi connectivity index (χ1) is 10.1. The molecular formula is C17H28IN3O. The van der Waals surface area contributed by atoms with Crippen LogP contribution in [-0.4, -0.2) is 25.7 Å². The van der Waals surface area contributed by atoms with E-state index in [1.807, 2.05) is 7.05 Å². The lowest BCUT2D eigenvalue weighted by Crippen LogP contribution is -2.37. The van der Waals surface area contributed by atoms with Crippen molar-refractivity contribution in [3.05, 3.63) is 29.3 Å². The van der Waals surface area contributed by atoms with Gasteiger partial charge in [-0.05, 0) is 51.2 Å². The fourth-order valence-electron chi connectivity index (χ4n) is 2.13. The molecule has 0 saturated heterocycles. The maximum Gasteiger partial charge on any atom is 0.191 e. The minimum absolute atomic E-state index is 0. The molecule has 2 rings (SSSR count). The molecule has 0 atom stereocenters. The zero-order valence-corrected chi connectivity index (χ0v) is 16.3. The van der Waals surface area contributed by atoms with E-state index in [1.54, 1.807) is 0 Å². The summed E-state index contributed by atoms with van der Waals surface area (Å²) in [4.78, 5) is 4.26. The van der Waals surface area contributed by atoms with Gasteiger partial charge in [-0.25, -0.2) is 0 Å². The first-order valence-electron chi connectivity index (χ1n) is 7.79. The van der Waals surface area contributed by atoms with E-state index in [0.717, 1.165) is 29.7 Å². The minimum Gasteiger partial charge on any atom is -0.491 e. The monoisotopic (exact) mass is 417 g/mol. The fraction of sp³-hybridized carbons (Fsp3) is 0.588. The third-order valence-electron chi connectivity index (χ3n) is 3.51. The van der Waals surface area contributed by atoms with Gasteiger partial charge in [0.1, 0.15) is 5.75 Å². The van der Waals surface area contributed by atoms with E-state index in [0.29, 0.717) is 6.54 Å². The van der Waals surface area contributed by atoms with Gasteiger partial charge in [0.15, 0.2) is 5.96 Å². The van der Waals surface area contributed by atoms with Crippen molar-refractivity contribution in [2.24, 2.45) is 10.9 Å². The van der Waals surface area contributed by atoms with Crippen LogP contribution in [0.1, 0.15) is 37.8 Å². The number of ether oxygens (including phenoxy) is 1. The van der Waals surface area contributed by atoms with Crippen molar-refractivity contribution in [1.29, 1.82) is 0 Å². The molecule has 4 nitrogen and oxygen atoms in total. The van der Waals surface area contributed by atoms with E-state index in [9.17, 15) is 0 Å². The Morgan fingerprint density at radius 2 is 2.05 bits per heavy atom. The Bertz CT molecular complexity index is 499. The molecule has 124 valence electrons. The molecule has 0 radical (unpaired) electrons. The topological polar surface area (TPSA) is 45.7 Å². The molecule has 22 heavy (non-hydrogen) atoms. The van der Waals surface area contributed by atoms with Gasteiger partial charge in [-0.3, -0.25) is 4.99 Å². The number of nitrogens with one attached hydrogen (secondary N) is 2. The van der Waals surface area contributed by atoms with Gasteiger partial charge in [-0.2, -0.15) is 0 Å². The second-order valence-electron chi connectivity index (χ2n) is 6.03. The van der Waals surface area contributed by atoms with Crippen molar-refractivity contribution >= 4 is 29.9 Å². The van der Waals surface area contributed by atoms with Crippen LogP contribution in [0.15, 0.2) is 23.2 Å². The summed E-state index contributed by atoms with van der Waals surface area (Å²) in [7, 11) is 1.81. The number of aryl methyl sites for hydroxylation is 1. The number of aliphatic imine (C=N–C) groups is 1. The number of hydrogen-bond acceptors (Lipinski definition) is 2. The summed E-state index contributed by atoms with van der Waals surface area (Å²) in [5, 5.41) is 6.73. The quantitative estimate of drug-likeness (QED) is 0.423. The van der Waals surface area contributed by atoms with Crippen molar-refractivity contribution in [2.45, 2.75) is 46.3 Å². The molecule has 0 aliphatic heterocycles. The molecule has 1 aromatic rings. The molecule has 1 aliphatic carbocycles. The molecular weight excluding hydrogens is 389 g/mol. The lowest BCUT2D eigenvalue weighted by molar-refractivity contribution is 0.239. The highest BCUT2D eigenvalue weighted by Crippen LogP contribution is 2.27. The van der Waals surface area contributed by atoms with Crippen LogP contribution in [-0.2, 0) is 6.54 Å². The van der Waals surface area contributed by atoms with E-state index in [1.165, 1.54) is 18.4 Å². The molecule has 2 N–H and O–H groups in total. The third kappa shape index (κ3) is 6.42. The molecule has 0 bridgehead atoms. The van der Waals surface area contributed by atoms with E-state index >= 15 is 0 Å². The number of benzene rings is 1. The molecule has 1 aliphatic rings. The summed E-state index contributed by atoms with van der Waals surface area (Å²) >= 11 is 0. The zero-order chi connectivity index (χ0) is 15.2. The summed E-state index contributed by atoms with van der Waals surface area (Å²) < 4.78 is 5.90. The molecule has 0 amide bonds. The molecule has 1 fully saturated rings. The van der Waals surface area contributed by atoms with Crippen molar-refractivity contribution in [3.8, 4) is 5.75 Å². The normalized spacial score (nSPS) is 14.5.